The smallest absolute Gasteiger partial charge is 0.0910 e. The quantitative estimate of drug-likeness (QED) is 0.423. The lowest BCUT2D eigenvalue weighted by molar-refractivity contribution is 0.290. The van der Waals surface area contributed by atoms with Gasteiger partial charge >= 0.3 is 0 Å². The summed E-state index contributed by atoms with van der Waals surface area (Å²) in [5.74, 6) is 0. The van der Waals surface area contributed by atoms with Crippen molar-refractivity contribution in [3.63, 3.8) is 0 Å². The summed E-state index contributed by atoms with van der Waals surface area (Å²) < 4.78 is 19.3. The van der Waals surface area contributed by atoms with Gasteiger partial charge in [0, 0.05) is 0 Å². The Hall–Kier alpha value is 0.0300. The van der Waals surface area contributed by atoms with E-state index in [0.29, 0.717) is 0 Å². The summed E-state index contributed by atoms with van der Waals surface area (Å²) in [6.07, 6.45) is 0. The number of aliphatic hydroxyl groups excluding tert-OH is 1. The van der Waals surface area contributed by atoms with E-state index in [0.717, 1.165) is 0 Å². The Labute approximate surface area is 43.6 Å². The zero-order chi connectivity index (χ0) is 5.86. The minimum Gasteiger partial charge on any atom is -0.771 e. The van der Waals surface area contributed by atoms with Crippen LogP contribution in [0.4, 0.5) is 0 Å². The highest BCUT2D eigenvalue weighted by molar-refractivity contribution is 7.79. The first-order valence-electron chi connectivity index (χ1n) is 1.63. The molecule has 0 aliphatic heterocycles. The van der Waals surface area contributed by atoms with Crippen LogP contribution in [-0.2, 0) is 11.1 Å². The molecule has 0 aromatic heterocycles. The van der Waals surface area contributed by atoms with Crippen molar-refractivity contribution in [1.29, 1.82) is 0 Å². The molecule has 7 heavy (non-hydrogen) atoms. The van der Waals surface area contributed by atoms with Gasteiger partial charge in [0.1, 0.15) is 0 Å². The minimum atomic E-state index is -2.33. The minimum absolute atomic E-state index is 0.518. The van der Waals surface area contributed by atoms with Crippen LogP contribution in [0.15, 0.2) is 0 Å². The van der Waals surface area contributed by atoms with Crippen LogP contribution in [0.2, 0.25) is 0 Å². The van der Waals surface area contributed by atoms with Gasteiger partial charge in [-0.25, -0.2) is 0 Å². The SMILES string of the molecule is NC(CO)S(=O)[O-]. The molecule has 0 fully saturated rings. The van der Waals surface area contributed by atoms with E-state index in [1.54, 1.807) is 0 Å². The third-order valence-corrected chi connectivity index (χ3v) is 1.07. The lowest BCUT2D eigenvalue weighted by Crippen LogP contribution is -2.29. The van der Waals surface area contributed by atoms with E-state index in [9.17, 15) is 8.76 Å². The molecule has 0 aromatic carbocycles. The summed E-state index contributed by atoms with van der Waals surface area (Å²) in [5.41, 5.74) is 4.75. The van der Waals surface area contributed by atoms with Gasteiger partial charge < -0.3 is 15.4 Å². The zero-order valence-electron chi connectivity index (χ0n) is 3.53. The molecule has 0 heterocycles. The van der Waals surface area contributed by atoms with Crippen LogP contribution in [0.5, 0.6) is 0 Å². The van der Waals surface area contributed by atoms with Gasteiger partial charge in [0.05, 0.1) is 12.0 Å². The first-order chi connectivity index (χ1) is 3.18. The molecule has 2 unspecified atom stereocenters. The average Bonchev–Trinajstić information content (AvgIpc) is 1.65. The first kappa shape index (κ1) is 7.03. The summed E-state index contributed by atoms with van der Waals surface area (Å²) in [6, 6.07) is 0. The second kappa shape index (κ2) is 3.09. The molecule has 44 valence electrons. The molecule has 0 aromatic rings. The average molecular weight is 124 g/mol. The van der Waals surface area contributed by atoms with Crippen molar-refractivity contribution >= 4 is 11.1 Å². The normalized spacial score (nSPS) is 18.7. The third kappa shape index (κ3) is 2.69. The molecular formula is C2H6NO3S-. The Kier molecular flexibility index (Phi) is 3.10. The molecule has 2 atom stereocenters. The van der Waals surface area contributed by atoms with Crippen LogP contribution in [-0.4, -0.2) is 25.8 Å². The number of aliphatic hydroxyl groups is 1. The second-order valence-corrected chi connectivity index (χ2v) is 2.11. The molecule has 4 nitrogen and oxygen atoms in total. The van der Waals surface area contributed by atoms with Gasteiger partial charge in [-0.3, -0.25) is 4.21 Å². The van der Waals surface area contributed by atoms with Gasteiger partial charge in [-0.1, -0.05) is 0 Å². The van der Waals surface area contributed by atoms with Crippen molar-refractivity contribution in [3.05, 3.63) is 0 Å². The van der Waals surface area contributed by atoms with Crippen LogP contribution in [0.25, 0.3) is 0 Å². The van der Waals surface area contributed by atoms with E-state index in [1.807, 2.05) is 0 Å². The van der Waals surface area contributed by atoms with Crippen molar-refractivity contribution in [1.82, 2.24) is 0 Å². The Morgan fingerprint density at radius 3 is 2.43 bits per heavy atom. The molecule has 0 radical (unpaired) electrons. The van der Waals surface area contributed by atoms with Gasteiger partial charge in [-0.05, 0) is 11.1 Å². The molecule has 0 saturated heterocycles. The van der Waals surface area contributed by atoms with Crippen LogP contribution in [0.1, 0.15) is 0 Å². The van der Waals surface area contributed by atoms with E-state index >= 15 is 0 Å². The fourth-order valence-corrected chi connectivity index (χ4v) is 0.183. The largest absolute Gasteiger partial charge is 0.771 e. The van der Waals surface area contributed by atoms with Gasteiger partial charge in [0.25, 0.3) is 0 Å². The van der Waals surface area contributed by atoms with Crippen molar-refractivity contribution in [2.45, 2.75) is 5.37 Å². The zero-order valence-corrected chi connectivity index (χ0v) is 4.35. The van der Waals surface area contributed by atoms with Crippen LogP contribution in [0.3, 0.4) is 0 Å². The molecule has 0 spiro atoms. The summed E-state index contributed by atoms with van der Waals surface area (Å²) in [4.78, 5) is 0. The standard InChI is InChI=1S/C2H7NO3S/c3-2(1-4)7(5)6/h2,4H,1,3H2,(H,5,6)/p-1. The van der Waals surface area contributed by atoms with Crippen LogP contribution in [0, 0.1) is 0 Å². The predicted octanol–water partition coefficient (Wildman–Crippen LogP) is -1.86. The number of rotatable bonds is 2. The van der Waals surface area contributed by atoms with Crippen LogP contribution >= 0.6 is 0 Å². The Morgan fingerprint density at radius 1 is 2.00 bits per heavy atom. The molecule has 0 amide bonds. The second-order valence-electron chi connectivity index (χ2n) is 0.982. The molecule has 0 saturated carbocycles. The molecule has 5 heteroatoms. The Morgan fingerprint density at radius 2 is 2.43 bits per heavy atom. The molecule has 0 aliphatic carbocycles. The summed E-state index contributed by atoms with van der Waals surface area (Å²) in [7, 11) is 0. The maximum absolute atomic E-state index is 9.65. The highest BCUT2D eigenvalue weighted by Gasteiger charge is 1.95. The summed E-state index contributed by atoms with van der Waals surface area (Å²) >= 11 is -2.33. The van der Waals surface area contributed by atoms with Gasteiger partial charge in [-0.2, -0.15) is 0 Å². The maximum atomic E-state index is 9.65. The molecule has 0 aliphatic rings. The van der Waals surface area contributed by atoms with Crippen molar-refractivity contribution in [2.24, 2.45) is 5.73 Å². The lowest BCUT2D eigenvalue weighted by atomic mass is 10.7. The van der Waals surface area contributed by atoms with Gasteiger partial charge in [-0.15, -0.1) is 0 Å². The monoisotopic (exact) mass is 124 g/mol. The first-order valence-corrected chi connectivity index (χ1v) is 2.76. The van der Waals surface area contributed by atoms with E-state index in [1.165, 1.54) is 0 Å². The fourth-order valence-electron chi connectivity index (χ4n) is 0.0609. The molecule has 0 rings (SSSR count). The number of hydrogen-bond acceptors (Lipinski definition) is 4. The number of nitrogens with two attached hydrogens (primary N) is 1. The van der Waals surface area contributed by atoms with E-state index in [-0.39, 0.29) is 0 Å². The predicted molar refractivity (Wildman–Crippen MR) is 24.0 cm³/mol. The van der Waals surface area contributed by atoms with Crippen molar-refractivity contribution in [2.75, 3.05) is 6.61 Å². The van der Waals surface area contributed by atoms with E-state index in [4.69, 9.17) is 10.8 Å². The van der Waals surface area contributed by atoms with Gasteiger partial charge in [0.2, 0.25) is 0 Å². The third-order valence-electron chi connectivity index (χ3n) is 0.427. The fraction of sp³-hybridized carbons (Fsp3) is 1.00. The van der Waals surface area contributed by atoms with Crippen LogP contribution < -0.4 is 5.73 Å². The molecular weight excluding hydrogens is 118 g/mol. The maximum Gasteiger partial charge on any atom is 0.0910 e. The highest BCUT2D eigenvalue weighted by atomic mass is 32.2. The van der Waals surface area contributed by atoms with E-state index < -0.39 is 23.1 Å². The Balaban J connectivity index is 3.34. The van der Waals surface area contributed by atoms with E-state index in [2.05, 4.69) is 0 Å². The summed E-state index contributed by atoms with van der Waals surface area (Å²) in [6.45, 7) is -0.518. The molecule has 3 N–H and O–H groups in total. The lowest BCUT2D eigenvalue weighted by Gasteiger charge is -2.09. The van der Waals surface area contributed by atoms with Crippen molar-refractivity contribution < 1.29 is 13.9 Å². The highest BCUT2D eigenvalue weighted by Crippen LogP contribution is 1.77. The Bertz CT molecular complexity index is 75.3. The van der Waals surface area contributed by atoms with Gasteiger partial charge in [0.15, 0.2) is 0 Å². The van der Waals surface area contributed by atoms with Crippen molar-refractivity contribution in [3.8, 4) is 0 Å². The topological polar surface area (TPSA) is 86.4 Å². The number of hydrogen-bond donors (Lipinski definition) is 2. The molecule has 0 bridgehead atoms. The summed E-state index contributed by atoms with van der Waals surface area (Å²) in [5, 5.41) is 6.86.